The summed E-state index contributed by atoms with van der Waals surface area (Å²) in [5, 5.41) is 1.27. The third-order valence-electron chi connectivity index (χ3n) is 3.36. The van der Waals surface area contributed by atoms with Crippen LogP contribution in [0.25, 0.3) is 0 Å². The normalized spacial score (nSPS) is 37.2. The van der Waals surface area contributed by atoms with Gasteiger partial charge < -0.3 is 0 Å². The van der Waals surface area contributed by atoms with Crippen molar-refractivity contribution in [3.05, 3.63) is 9.74 Å². The Bertz CT molecular complexity index is 313. The summed E-state index contributed by atoms with van der Waals surface area (Å²) < 4.78 is 4.96. The van der Waals surface area contributed by atoms with Crippen LogP contribution in [0.2, 0.25) is 0 Å². The van der Waals surface area contributed by atoms with Gasteiger partial charge in [0, 0.05) is 5.92 Å². The zero-order valence-electron chi connectivity index (χ0n) is 7.24. The van der Waals surface area contributed by atoms with Gasteiger partial charge in [0.15, 0.2) is 0 Å². The maximum Gasteiger partial charge on any atom is 0.209 e. The van der Waals surface area contributed by atoms with Crippen LogP contribution in [-0.2, 0) is 0 Å². The maximum absolute atomic E-state index is 4.42. The summed E-state index contributed by atoms with van der Waals surface area (Å²) in [6.07, 6.45) is 5.70. The van der Waals surface area contributed by atoms with Gasteiger partial charge in [0.2, 0.25) is 4.73 Å². The van der Waals surface area contributed by atoms with Crippen LogP contribution in [0.4, 0.5) is 0 Å². The smallest absolute Gasteiger partial charge is 0.209 e. The van der Waals surface area contributed by atoms with Gasteiger partial charge in [-0.05, 0) is 52.1 Å². The Morgan fingerprint density at radius 2 is 1.92 bits per heavy atom. The topological polar surface area (TPSA) is 25.8 Å². The van der Waals surface area contributed by atoms with E-state index in [1.807, 2.05) is 0 Å². The average Bonchev–Trinajstić information content (AvgIpc) is 2.73. The van der Waals surface area contributed by atoms with Gasteiger partial charge in [-0.25, -0.2) is 4.98 Å². The molecule has 2 aliphatic carbocycles. The lowest BCUT2D eigenvalue weighted by Crippen LogP contribution is -1.91. The molecule has 0 aliphatic heterocycles. The van der Waals surface area contributed by atoms with E-state index in [1.54, 1.807) is 11.5 Å². The third kappa shape index (κ3) is 1.34. The number of fused-ring (bicyclic) bond motifs is 1. The molecule has 4 heteroatoms. The van der Waals surface area contributed by atoms with Crippen molar-refractivity contribution in [3.63, 3.8) is 0 Å². The van der Waals surface area contributed by atoms with Crippen molar-refractivity contribution >= 4 is 27.5 Å². The van der Waals surface area contributed by atoms with E-state index in [-0.39, 0.29) is 0 Å². The molecule has 0 aromatic carbocycles. The molecule has 1 aromatic heterocycles. The summed E-state index contributed by atoms with van der Waals surface area (Å²) in [4.78, 5) is 4.42. The van der Waals surface area contributed by atoms with Gasteiger partial charge in [0.25, 0.3) is 0 Å². The fourth-order valence-corrected chi connectivity index (χ4v) is 4.04. The second-order valence-electron chi connectivity index (χ2n) is 4.04. The molecular formula is C9H11BrN2S. The van der Waals surface area contributed by atoms with E-state index in [9.17, 15) is 0 Å². The molecule has 2 fully saturated rings. The highest BCUT2D eigenvalue weighted by Gasteiger charge is 2.52. The Morgan fingerprint density at radius 1 is 1.23 bits per heavy atom. The Balaban J connectivity index is 1.81. The van der Waals surface area contributed by atoms with Crippen molar-refractivity contribution in [2.45, 2.75) is 31.6 Å². The lowest BCUT2D eigenvalue weighted by Gasteiger charge is -2.04. The van der Waals surface area contributed by atoms with Crippen molar-refractivity contribution in [3.8, 4) is 0 Å². The molecule has 2 nitrogen and oxygen atoms in total. The predicted molar refractivity (Wildman–Crippen MR) is 55.8 cm³/mol. The van der Waals surface area contributed by atoms with Crippen LogP contribution in [0.5, 0.6) is 0 Å². The van der Waals surface area contributed by atoms with Crippen LogP contribution in [0, 0.1) is 11.8 Å². The summed E-state index contributed by atoms with van der Waals surface area (Å²) in [6, 6.07) is 0. The predicted octanol–water partition coefficient (Wildman–Crippen LogP) is 3.20. The van der Waals surface area contributed by atoms with Gasteiger partial charge in [-0.2, -0.15) is 4.37 Å². The Labute approximate surface area is 90.1 Å². The maximum atomic E-state index is 4.42. The van der Waals surface area contributed by atoms with E-state index < -0.39 is 0 Å². The quantitative estimate of drug-likeness (QED) is 0.774. The third-order valence-corrected chi connectivity index (χ3v) is 4.76. The minimum absolute atomic E-state index is 0.770. The molecule has 0 N–H and O–H groups in total. The Morgan fingerprint density at radius 3 is 2.46 bits per heavy atom. The number of nitrogens with zero attached hydrogens (tertiary/aromatic N) is 2. The van der Waals surface area contributed by atoms with Gasteiger partial charge in [-0.1, -0.05) is 12.8 Å². The first kappa shape index (κ1) is 8.36. The van der Waals surface area contributed by atoms with E-state index in [2.05, 4.69) is 25.3 Å². The number of halogens is 1. The molecule has 70 valence electrons. The van der Waals surface area contributed by atoms with Crippen LogP contribution in [0.1, 0.15) is 36.6 Å². The van der Waals surface area contributed by atoms with Crippen LogP contribution in [0.15, 0.2) is 4.73 Å². The monoisotopic (exact) mass is 258 g/mol. The summed E-state index contributed by atoms with van der Waals surface area (Å²) in [5.41, 5.74) is 0. The summed E-state index contributed by atoms with van der Waals surface area (Å²) >= 11 is 4.89. The standard InChI is InChI=1S/C9H11BrN2S/c10-9-11-8(13-12-9)7-5-3-1-2-4-6(5)7/h5-7H,1-4H2. The minimum atomic E-state index is 0.770. The number of aromatic nitrogens is 2. The van der Waals surface area contributed by atoms with Crippen molar-refractivity contribution < 1.29 is 0 Å². The highest BCUT2D eigenvalue weighted by molar-refractivity contribution is 9.10. The van der Waals surface area contributed by atoms with Gasteiger partial charge in [-0.3, -0.25) is 0 Å². The van der Waals surface area contributed by atoms with E-state index in [0.717, 1.165) is 22.5 Å². The SMILES string of the molecule is Brc1nsc(C2C3CCCCC32)n1. The number of hydrogen-bond donors (Lipinski definition) is 0. The van der Waals surface area contributed by atoms with Crippen LogP contribution < -0.4 is 0 Å². The van der Waals surface area contributed by atoms with Crippen molar-refractivity contribution in [1.29, 1.82) is 0 Å². The molecule has 1 heterocycles. The molecule has 0 saturated heterocycles. The fourth-order valence-electron chi connectivity index (χ4n) is 2.71. The summed E-state index contributed by atoms with van der Waals surface area (Å²) in [6.45, 7) is 0. The van der Waals surface area contributed by atoms with Crippen LogP contribution >= 0.6 is 27.5 Å². The Hall–Kier alpha value is 0.0400. The molecule has 2 atom stereocenters. The van der Waals surface area contributed by atoms with E-state index >= 15 is 0 Å². The summed E-state index contributed by atoms with van der Waals surface area (Å²) in [5.74, 6) is 2.67. The fraction of sp³-hybridized carbons (Fsp3) is 0.778. The average molecular weight is 259 g/mol. The second-order valence-corrected chi connectivity index (χ2v) is 5.53. The molecule has 3 rings (SSSR count). The van der Waals surface area contributed by atoms with Crippen molar-refractivity contribution in [2.75, 3.05) is 0 Å². The molecular weight excluding hydrogens is 248 g/mol. The van der Waals surface area contributed by atoms with Crippen molar-refractivity contribution in [2.24, 2.45) is 11.8 Å². The second kappa shape index (κ2) is 3.02. The lowest BCUT2D eigenvalue weighted by molar-refractivity contribution is 0.480. The first-order valence-electron chi connectivity index (χ1n) is 4.85. The molecule has 1 aromatic rings. The summed E-state index contributed by atoms with van der Waals surface area (Å²) in [7, 11) is 0. The molecule has 2 aliphatic rings. The molecule has 0 radical (unpaired) electrons. The van der Waals surface area contributed by atoms with E-state index in [1.165, 1.54) is 30.7 Å². The molecule has 13 heavy (non-hydrogen) atoms. The first-order chi connectivity index (χ1) is 6.36. The highest BCUT2D eigenvalue weighted by atomic mass is 79.9. The first-order valence-corrected chi connectivity index (χ1v) is 6.42. The molecule has 2 saturated carbocycles. The van der Waals surface area contributed by atoms with Crippen LogP contribution in [-0.4, -0.2) is 9.36 Å². The number of hydrogen-bond acceptors (Lipinski definition) is 3. The molecule has 0 bridgehead atoms. The van der Waals surface area contributed by atoms with Gasteiger partial charge in [-0.15, -0.1) is 0 Å². The van der Waals surface area contributed by atoms with Crippen molar-refractivity contribution in [1.82, 2.24) is 9.36 Å². The minimum Gasteiger partial charge on any atom is -0.214 e. The largest absolute Gasteiger partial charge is 0.214 e. The molecule has 2 unspecified atom stereocenters. The van der Waals surface area contributed by atoms with E-state index in [0.29, 0.717) is 0 Å². The van der Waals surface area contributed by atoms with Gasteiger partial charge in [0.05, 0.1) is 0 Å². The number of rotatable bonds is 1. The zero-order valence-corrected chi connectivity index (χ0v) is 9.64. The molecule has 0 spiro atoms. The molecule has 0 amide bonds. The van der Waals surface area contributed by atoms with E-state index in [4.69, 9.17) is 0 Å². The lowest BCUT2D eigenvalue weighted by atomic mass is 10.0. The van der Waals surface area contributed by atoms with Gasteiger partial charge in [0.1, 0.15) is 5.01 Å². The Kier molecular flexibility index (Phi) is 1.94. The highest BCUT2D eigenvalue weighted by Crippen LogP contribution is 2.61. The van der Waals surface area contributed by atoms with Crippen LogP contribution in [0.3, 0.4) is 0 Å². The zero-order chi connectivity index (χ0) is 8.84. The van der Waals surface area contributed by atoms with Gasteiger partial charge >= 0.3 is 0 Å².